The number of hydrogen-bond donors (Lipinski definition) is 4. The summed E-state index contributed by atoms with van der Waals surface area (Å²) in [6.45, 7) is 0. The summed E-state index contributed by atoms with van der Waals surface area (Å²) in [5, 5.41) is 2.54. The first-order chi connectivity index (χ1) is 5.46. The molecule has 0 aromatic carbocycles. The maximum Gasteiger partial charge on any atom is 0.345 e. The zero-order chi connectivity index (χ0) is 9.35. The Hall–Kier alpha value is -1.44. The lowest BCUT2D eigenvalue weighted by Crippen LogP contribution is -2.40. The second-order valence-electron chi connectivity index (χ2n) is 2.09. The fourth-order valence-electron chi connectivity index (χ4n) is 0.699. The molecule has 0 fully saturated rings. The summed E-state index contributed by atoms with van der Waals surface area (Å²) >= 11 is 0. The molecule has 0 aromatic rings. The van der Waals surface area contributed by atoms with Crippen LogP contribution in [0.5, 0.6) is 0 Å². The number of amidine groups is 1. The Kier molecular flexibility index (Phi) is 1.84. The first-order valence-corrected chi connectivity index (χ1v) is 4.46. The summed E-state index contributed by atoms with van der Waals surface area (Å²) in [5.74, 6) is -0.0689. The van der Waals surface area contributed by atoms with Gasteiger partial charge in [-0.25, -0.2) is 4.72 Å². The fraction of sp³-hybridized carbons (Fsp3) is 0.250. The molecule has 0 unspecified atom stereocenters. The summed E-state index contributed by atoms with van der Waals surface area (Å²) < 4.78 is 26.9. The van der Waals surface area contributed by atoms with Crippen LogP contribution >= 0.6 is 0 Å². The Morgan fingerprint density at radius 2 is 2.08 bits per heavy atom. The van der Waals surface area contributed by atoms with Crippen molar-refractivity contribution in [1.29, 1.82) is 0 Å². The molecule has 1 aliphatic heterocycles. The van der Waals surface area contributed by atoms with E-state index in [-0.39, 0.29) is 17.4 Å². The molecule has 8 heteroatoms. The van der Waals surface area contributed by atoms with Crippen LogP contribution in [0, 0.1) is 0 Å². The number of nitrogens with two attached hydrogens (primary N) is 2. The van der Waals surface area contributed by atoms with Crippen molar-refractivity contribution in [3.63, 3.8) is 0 Å². The Morgan fingerprint density at radius 3 is 2.58 bits per heavy atom. The Labute approximate surface area is 69.7 Å². The third-order valence-electron chi connectivity index (χ3n) is 1.24. The predicted molar refractivity (Wildman–Crippen MR) is 44.0 cm³/mol. The van der Waals surface area contributed by atoms with Crippen molar-refractivity contribution in [3.05, 3.63) is 11.5 Å². The molecule has 0 atom stereocenters. The largest absolute Gasteiger partial charge is 0.393 e. The lowest BCUT2D eigenvalue weighted by molar-refractivity contribution is 0.586. The maximum absolute atomic E-state index is 10.9. The normalized spacial score (nSPS) is 21.2. The second-order valence-corrected chi connectivity index (χ2v) is 3.43. The van der Waals surface area contributed by atoms with Crippen LogP contribution in [0.25, 0.3) is 0 Å². The van der Waals surface area contributed by atoms with E-state index in [0.29, 0.717) is 0 Å². The highest BCUT2D eigenvalue weighted by Crippen LogP contribution is 2.03. The van der Waals surface area contributed by atoms with Gasteiger partial charge in [-0.05, 0) is 0 Å². The molecule has 0 spiro atoms. The first kappa shape index (κ1) is 8.65. The van der Waals surface area contributed by atoms with Gasteiger partial charge in [0.25, 0.3) is 0 Å². The van der Waals surface area contributed by atoms with Gasteiger partial charge in [0.15, 0.2) is 5.84 Å². The van der Waals surface area contributed by atoms with Crippen molar-refractivity contribution in [3.8, 4) is 0 Å². The van der Waals surface area contributed by atoms with Crippen LogP contribution in [-0.2, 0) is 10.2 Å². The number of nitrogens with one attached hydrogen (secondary N) is 2. The van der Waals surface area contributed by atoms with Gasteiger partial charge in [0.05, 0.1) is 0 Å². The van der Waals surface area contributed by atoms with Crippen LogP contribution in [-0.4, -0.2) is 21.3 Å². The van der Waals surface area contributed by atoms with E-state index in [2.05, 4.69) is 14.4 Å². The van der Waals surface area contributed by atoms with Crippen LogP contribution in [0.15, 0.2) is 15.9 Å². The van der Waals surface area contributed by atoms with Crippen LogP contribution < -0.4 is 21.5 Å². The molecule has 0 radical (unpaired) electrons. The standard InChI is InChI=1S/C4H9N5O2S/c1-7-4-2(5)3(6)8-12(10,11)9-4/h7,9H,5H2,1H3,(H2,6,8). The van der Waals surface area contributed by atoms with E-state index >= 15 is 0 Å². The maximum atomic E-state index is 10.9. The van der Waals surface area contributed by atoms with Crippen LogP contribution in [0.4, 0.5) is 0 Å². The average molecular weight is 191 g/mol. The molecular weight excluding hydrogens is 182 g/mol. The average Bonchev–Trinajstić information content (AvgIpc) is 1.96. The SMILES string of the molecule is CNC1=C(N)C(N)=NS(=O)(=O)N1. The zero-order valence-electron chi connectivity index (χ0n) is 6.33. The van der Waals surface area contributed by atoms with Gasteiger partial charge in [-0.1, -0.05) is 0 Å². The molecule has 6 N–H and O–H groups in total. The molecule has 0 aliphatic carbocycles. The number of nitrogens with zero attached hydrogens (tertiary/aromatic N) is 1. The second kappa shape index (κ2) is 2.55. The van der Waals surface area contributed by atoms with Gasteiger partial charge in [-0.2, -0.15) is 8.42 Å². The molecule has 0 bridgehead atoms. The van der Waals surface area contributed by atoms with Gasteiger partial charge in [-0.15, -0.1) is 4.40 Å². The predicted octanol–water partition coefficient (Wildman–Crippen LogP) is -2.46. The monoisotopic (exact) mass is 191 g/mol. The molecule has 0 amide bonds. The summed E-state index contributed by atoms with van der Waals surface area (Å²) in [6.07, 6.45) is 0. The Bertz CT molecular complexity index is 354. The van der Waals surface area contributed by atoms with Gasteiger partial charge in [0.2, 0.25) is 0 Å². The minimum absolute atomic E-state index is 0.0901. The van der Waals surface area contributed by atoms with Crippen molar-refractivity contribution >= 4 is 16.0 Å². The van der Waals surface area contributed by atoms with Crippen LogP contribution in [0.3, 0.4) is 0 Å². The van der Waals surface area contributed by atoms with Crippen molar-refractivity contribution in [2.45, 2.75) is 0 Å². The third kappa shape index (κ3) is 1.42. The molecule has 12 heavy (non-hydrogen) atoms. The van der Waals surface area contributed by atoms with E-state index in [0.717, 1.165) is 0 Å². The van der Waals surface area contributed by atoms with E-state index < -0.39 is 10.2 Å². The highest BCUT2D eigenvalue weighted by atomic mass is 32.2. The van der Waals surface area contributed by atoms with Gasteiger partial charge in [-0.3, -0.25) is 0 Å². The Balaban J connectivity index is 3.18. The van der Waals surface area contributed by atoms with Crippen LogP contribution in [0.1, 0.15) is 0 Å². The van der Waals surface area contributed by atoms with E-state index in [1.807, 2.05) is 0 Å². The number of rotatable bonds is 1. The fourth-order valence-corrected chi connectivity index (χ4v) is 1.57. The van der Waals surface area contributed by atoms with E-state index in [1.54, 1.807) is 0 Å². The van der Waals surface area contributed by atoms with Crippen molar-refractivity contribution in [1.82, 2.24) is 10.0 Å². The molecule has 1 heterocycles. The highest BCUT2D eigenvalue weighted by molar-refractivity contribution is 7.88. The van der Waals surface area contributed by atoms with Crippen LogP contribution in [0.2, 0.25) is 0 Å². The van der Waals surface area contributed by atoms with Gasteiger partial charge >= 0.3 is 10.2 Å². The highest BCUT2D eigenvalue weighted by Gasteiger charge is 2.20. The van der Waals surface area contributed by atoms with Crippen molar-refractivity contribution in [2.75, 3.05) is 7.05 Å². The molecular formula is C4H9N5O2S. The zero-order valence-corrected chi connectivity index (χ0v) is 7.14. The van der Waals surface area contributed by atoms with E-state index in [4.69, 9.17) is 11.5 Å². The number of hydrogen-bond acceptors (Lipinski definition) is 5. The summed E-state index contributed by atoms with van der Waals surface area (Å²) in [7, 11) is -2.20. The molecule has 0 saturated heterocycles. The topological polar surface area (TPSA) is 123 Å². The lowest BCUT2D eigenvalue weighted by atomic mass is 10.4. The summed E-state index contributed by atoms with van der Waals surface area (Å²) in [5.41, 5.74) is 10.7. The molecule has 7 nitrogen and oxygen atoms in total. The van der Waals surface area contributed by atoms with E-state index in [9.17, 15) is 8.42 Å². The molecule has 1 aliphatic rings. The molecule has 0 aromatic heterocycles. The van der Waals surface area contributed by atoms with Crippen molar-refractivity contribution in [2.24, 2.45) is 15.9 Å². The minimum atomic E-state index is -3.71. The van der Waals surface area contributed by atoms with Crippen molar-refractivity contribution < 1.29 is 8.42 Å². The molecule has 68 valence electrons. The summed E-state index contributed by atoms with van der Waals surface area (Å²) in [4.78, 5) is 0. The van der Waals surface area contributed by atoms with Gasteiger partial charge in [0.1, 0.15) is 11.5 Å². The lowest BCUT2D eigenvalue weighted by Gasteiger charge is -2.16. The smallest absolute Gasteiger partial charge is 0.345 e. The summed E-state index contributed by atoms with van der Waals surface area (Å²) in [6, 6.07) is 0. The molecule has 0 saturated carbocycles. The minimum Gasteiger partial charge on any atom is -0.393 e. The van der Waals surface area contributed by atoms with Gasteiger partial charge < -0.3 is 16.8 Å². The quantitative estimate of drug-likeness (QED) is 0.366. The Morgan fingerprint density at radius 1 is 1.50 bits per heavy atom. The van der Waals surface area contributed by atoms with E-state index in [1.165, 1.54) is 7.05 Å². The van der Waals surface area contributed by atoms with Gasteiger partial charge in [0, 0.05) is 7.05 Å². The third-order valence-corrected chi connectivity index (χ3v) is 2.14. The molecule has 1 rings (SSSR count). The first-order valence-electron chi connectivity index (χ1n) is 3.02.